The van der Waals surface area contributed by atoms with E-state index in [-0.39, 0.29) is 0 Å². The fourth-order valence-corrected chi connectivity index (χ4v) is 2.90. The van der Waals surface area contributed by atoms with Gasteiger partial charge in [-0.25, -0.2) is 4.68 Å². The van der Waals surface area contributed by atoms with Gasteiger partial charge in [0.2, 0.25) is 0 Å². The van der Waals surface area contributed by atoms with E-state index in [2.05, 4.69) is 34.8 Å². The highest BCUT2D eigenvalue weighted by Gasteiger charge is 2.06. The third kappa shape index (κ3) is 5.60. The average Bonchev–Trinajstić information content (AvgIpc) is 3.10. The van der Waals surface area contributed by atoms with Crippen molar-refractivity contribution < 1.29 is 4.74 Å². The summed E-state index contributed by atoms with van der Waals surface area (Å²) >= 11 is 17.4. The Hall–Kier alpha value is -2.28. The fourth-order valence-electron chi connectivity index (χ4n) is 2.34. The summed E-state index contributed by atoms with van der Waals surface area (Å²) < 4.78 is 7.40. The van der Waals surface area contributed by atoms with E-state index in [9.17, 15) is 0 Å². The van der Waals surface area contributed by atoms with Crippen LogP contribution in [0.2, 0.25) is 10.0 Å². The molecule has 0 saturated heterocycles. The second-order valence-electron chi connectivity index (χ2n) is 5.74. The molecule has 0 spiro atoms. The highest BCUT2D eigenvalue weighted by atomic mass is 35.5. The van der Waals surface area contributed by atoms with Gasteiger partial charge in [-0.15, -0.1) is 0 Å². The molecule has 0 aliphatic heterocycles. The molecule has 0 radical (unpaired) electrons. The number of hydrogen-bond acceptors (Lipinski definition) is 3. The molecule has 0 bridgehead atoms. The molecular formula is C19H18Cl2N4OS. The number of aryl methyl sites for hydroxylation is 1. The first kappa shape index (κ1) is 19.5. The summed E-state index contributed by atoms with van der Waals surface area (Å²) in [7, 11) is 0. The van der Waals surface area contributed by atoms with Crippen LogP contribution in [0, 0.1) is 0 Å². The largest absolute Gasteiger partial charge is 0.471 e. The molecule has 0 fully saturated rings. The average molecular weight is 421 g/mol. The number of hydrogen-bond donors (Lipinski definition) is 2. The third-order valence-corrected chi connectivity index (χ3v) is 4.53. The Morgan fingerprint density at radius 2 is 1.93 bits per heavy atom. The lowest BCUT2D eigenvalue weighted by atomic mass is 10.2. The number of rotatable bonds is 6. The first-order chi connectivity index (χ1) is 13.0. The topological polar surface area (TPSA) is 51.1 Å². The Bertz CT molecular complexity index is 928. The number of aromatic nitrogens is 2. The van der Waals surface area contributed by atoms with Crippen LogP contribution in [0.5, 0.6) is 5.75 Å². The van der Waals surface area contributed by atoms with E-state index in [1.807, 2.05) is 12.1 Å². The van der Waals surface area contributed by atoms with Gasteiger partial charge < -0.3 is 15.4 Å². The second-order valence-corrected chi connectivity index (χ2v) is 6.99. The number of nitrogens with one attached hydrogen (secondary N) is 2. The van der Waals surface area contributed by atoms with E-state index in [4.69, 9.17) is 40.2 Å². The lowest BCUT2D eigenvalue weighted by Crippen LogP contribution is -2.19. The van der Waals surface area contributed by atoms with Crippen molar-refractivity contribution in [3.8, 4) is 5.75 Å². The van der Waals surface area contributed by atoms with Gasteiger partial charge in [0.05, 0.1) is 28.8 Å². The Labute approximate surface area is 173 Å². The van der Waals surface area contributed by atoms with Crippen LogP contribution in [0.25, 0.3) is 0 Å². The Kier molecular flexibility index (Phi) is 6.55. The van der Waals surface area contributed by atoms with E-state index in [1.54, 1.807) is 35.3 Å². The summed E-state index contributed by atoms with van der Waals surface area (Å²) in [5.74, 6) is 0.796. The van der Waals surface area contributed by atoms with Gasteiger partial charge in [0, 0.05) is 5.02 Å². The number of halogens is 2. The third-order valence-electron chi connectivity index (χ3n) is 3.76. The van der Waals surface area contributed by atoms with Gasteiger partial charge in [-0.1, -0.05) is 42.3 Å². The fraction of sp³-hybridized carbons (Fsp3) is 0.158. The highest BCUT2D eigenvalue weighted by molar-refractivity contribution is 7.80. The van der Waals surface area contributed by atoms with Crippen molar-refractivity contribution in [1.29, 1.82) is 0 Å². The van der Waals surface area contributed by atoms with Crippen LogP contribution in [0.1, 0.15) is 12.5 Å². The van der Waals surface area contributed by atoms with Crippen molar-refractivity contribution in [2.75, 3.05) is 10.6 Å². The number of benzene rings is 2. The zero-order valence-electron chi connectivity index (χ0n) is 14.6. The summed E-state index contributed by atoms with van der Waals surface area (Å²) in [6.45, 7) is 2.42. The van der Waals surface area contributed by atoms with Crippen LogP contribution >= 0.6 is 35.4 Å². The molecule has 0 aliphatic rings. The predicted molar refractivity (Wildman–Crippen MR) is 115 cm³/mol. The minimum atomic E-state index is 0.299. The van der Waals surface area contributed by atoms with Crippen molar-refractivity contribution >= 4 is 51.9 Å². The van der Waals surface area contributed by atoms with Crippen LogP contribution in [0.15, 0.2) is 54.9 Å². The van der Waals surface area contributed by atoms with E-state index >= 15 is 0 Å². The summed E-state index contributed by atoms with van der Waals surface area (Å²) in [6.07, 6.45) is 4.47. The maximum atomic E-state index is 6.12. The SMILES string of the molecule is CCc1ccc(OCn2cc(NC(=S)Nc3cc(Cl)ccc3Cl)cn2)cc1. The van der Waals surface area contributed by atoms with Crippen LogP contribution < -0.4 is 15.4 Å². The number of ether oxygens (including phenoxy) is 1. The van der Waals surface area contributed by atoms with Gasteiger partial charge in [0.15, 0.2) is 11.8 Å². The van der Waals surface area contributed by atoms with E-state index in [0.717, 1.165) is 17.9 Å². The monoisotopic (exact) mass is 420 g/mol. The van der Waals surface area contributed by atoms with Crippen molar-refractivity contribution in [3.63, 3.8) is 0 Å². The molecule has 1 aromatic heterocycles. The second kappa shape index (κ2) is 9.08. The minimum Gasteiger partial charge on any atom is -0.471 e. The molecule has 5 nitrogen and oxygen atoms in total. The van der Waals surface area contributed by atoms with Crippen molar-refractivity contribution in [2.45, 2.75) is 20.1 Å². The lowest BCUT2D eigenvalue weighted by molar-refractivity contribution is 0.221. The molecule has 2 N–H and O–H groups in total. The molecule has 0 amide bonds. The minimum absolute atomic E-state index is 0.299. The summed E-state index contributed by atoms with van der Waals surface area (Å²) in [6, 6.07) is 13.1. The molecule has 27 heavy (non-hydrogen) atoms. The summed E-state index contributed by atoms with van der Waals surface area (Å²) in [5, 5.41) is 11.8. The molecular weight excluding hydrogens is 403 g/mol. The Morgan fingerprint density at radius 1 is 1.15 bits per heavy atom. The quantitative estimate of drug-likeness (QED) is 0.508. The maximum Gasteiger partial charge on any atom is 0.180 e. The number of anilines is 2. The first-order valence-corrected chi connectivity index (χ1v) is 9.47. The Morgan fingerprint density at radius 3 is 2.67 bits per heavy atom. The normalized spacial score (nSPS) is 10.5. The van der Waals surface area contributed by atoms with Crippen molar-refractivity contribution in [3.05, 3.63) is 70.5 Å². The molecule has 8 heteroatoms. The van der Waals surface area contributed by atoms with Gasteiger partial charge >= 0.3 is 0 Å². The molecule has 140 valence electrons. The van der Waals surface area contributed by atoms with Gasteiger partial charge in [0.1, 0.15) is 5.75 Å². The van der Waals surface area contributed by atoms with Crippen LogP contribution in [-0.4, -0.2) is 14.9 Å². The van der Waals surface area contributed by atoms with Crippen molar-refractivity contribution in [1.82, 2.24) is 9.78 Å². The molecule has 2 aromatic carbocycles. The van der Waals surface area contributed by atoms with Gasteiger partial charge in [-0.05, 0) is 54.5 Å². The zero-order chi connectivity index (χ0) is 19.2. The molecule has 1 heterocycles. The first-order valence-electron chi connectivity index (χ1n) is 8.30. The molecule has 0 saturated carbocycles. The van der Waals surface area contributed by atoms with E-state index < -0.39 is 0 Å². The summed E-state index contributed by atoms with van der Waals surface area (Å²) in [5.41, 5.74) is 2.64. The Balaban J connectivity index is 1.53. The molecule has 0 unspecified atom stereocenters. The number of thiocarbonyl (C=S) groups is 1. The molecule has 3 aromatic rings. The lowest BCUT2D eigenvalue weighted by Gasteiger charge is -2.10. The molecule has 0 aliphatic carbocycles. The van der Waals surface area contributed by atoms with E-state index in [0.29, 0.717) is 27.6 Å². The maximum absolute atomic E-state index is 6.12. The standard InChI is InChI=1S/C19H18Cl2N4OS/c1-2-13-3-6-16(7-4-13)26-12-25-11-15(10-22-25)23-19(27)24-18-9-14(20)5-8-17(18)21/h3-11H,2,12H2,1H3,(H2,23,24,27). The summed E-state index contributed by atoms with van der Waals surface area (Å²) in [4.78, 5) is 0. The van der Waals surface area contributed by atoms with Gasteiger partial charge in [-0.3, -0.25) is 0 Å². The number of nitrogens with zero attached hydrogens (tertiary/aromatic N) is 2. The zero-order valence-corrected chi connectivity index (χ0v) is 16.9. The van der Waals surface area contributed by atoms with Crippen LogP contribution in [0.4, 0.5) is 11.4 Å². The smallest absolute Gasteiger partial charge is 0.180 e. The van der Waals surface area contributed by atoms with Crippen LogP contribution in [0.3, 0.4) is 0 Å². The molecule has 3 rings (SSSR count). The predicted octanol–water partition coefficient (Wildman–Crippen LogP) is 5.60. The van der Waals surface area contributed by atoms with Crippen LogP contribution in [-0.2, 0) is 13.2 Å². The molecule has 0 atom stereocenters. The van der Waals surface area contributed by atoms with Gasteiger partial charge in [0.25, 0.3) is 0 Å². The van der Waals surface area contributed by atoms with E-state index in [1.165, 1.54) is 5.56 Å². The van der Waals surface area contributed by atoms with Gasteiger partial charge in [-0.2, -0.15) is 5.10 Å². The highest BCUT2D eigenvalue weighted by Crippen LogP contribution is 2.25. The van der Waals surface area contributed by atoms with Crippen molar-refractivity contribution in [2.24, 2.45) is 0 Å².